The van der Waals surface area contributed by atoms with Crippen LogP contribution in [0.2, 0.25) is 0 Å². The maximum absolute atomic E-state index is 9.02. The summed E-state index contributed by atoms with van der Waals surface area (Å²) in [4.78, 5) is 2.56. The van der Waals surface area contributed by atoms with Gasteiger partial charge in [-0.05, 0) is 38.0 Å². The number of aliphatic hydroxyl groups is 1. The van der Waals surface area contributed by atoms with Gasteiger partial charge in [0, 0.05) is 25.7 Å². The number of hydrogen-bond donors (Lipinski definition) is 1. The molecule has 84 valence electrons. The topological polar surface area (TPSA) is 23.5 Å². The van der Waals surface area contributed by atoms with Crippen LogP contribution < -0.4 is 0 Å². The molecule has 1 saturated heterocycles. The van der Waals surface area contributed by atoms with E-state index < -0.39 is 0 Å². The van der Waals surface area contributed by atoms with Crippen molar-refractivity contribution in [2.75, 3.05) is 19.7 Å². The Morgan fingerprint density at radius 2 is 1.71 bits per heavy atom. The smallest absolute Gasteiger partial charge is 0.0433 e. The molecule has 0 aromatic rings. The molecule has 0 saturated carbocycles. The molecular formula is C12H25NO. The van der Waals surface area contributed by atoms with E-state index in [0.29, 0.717) is 12.6 Å². The van der Waals surface area contributed by atoms with E-state index >= 15 is 0 Å². The fourth-order valence-corrected chi connectivity index (χ4v) is 2.79. The van der Waals surface area contributed by atoms with E-state index in [1.807, 2.05) is 0 Å². The van der Waals surface area contributed by atoms with Gasteiger partial charge >= 0.3 is 0 Å². The maximum Gasteiger partial charge on any atom is 0.0433 e. The Morgan fingerprint density at radius 1 is 1.21 bits per heavy atom. The van der Waals surface area contributed by atoms with Gasteiger partial charge in [-0.15, -0.1) is 0 Å². The van der Waals surface area contributed by atoms with Gasteiger partial charge in [-0.25, -0.2) is 0 Å². The lowest BCUT2D eigenvalue weighted by Gasteiger charge is -2.43. The molecule has 1 rings (SSSR count). The van der Waals surface area contributed by atoms with Crippen molar-refractivity contribution in [2.24, 2.45) is 17.8 Å². The van der Waals surface area contributed by atoms with Crippen molar-refractivity contribution in [3.05, 3.63) is 0 Å². The zero-order valence-electron chi connectivity index (χ0n) is 10.0. The second-order valence-electron chi connectivity index (χ2n) is 5.18. The molecule has 2 nitrogen and oxygen atoms in total. The minimum absolute atomic E-state index is 0.348. The third-order valence-electron chi connectivity index (χ3n) is 3.70. The first kappa shape index (κ1) is 12.0. The van der Waals surface area contributed by atoms with Crippen LogP contribution in [0, 0.1) is 17.8 Å². The molecular weight excluding hydrogens is 174 g/mol. The number of aliphatic hydroxyl groups excluding tert-OH is 1. The normalized spacial score (nSPS) is 31.3. The summed E-state index contributed by atoms with van der Waals surface area (Å²) in [5.74, 6) is 2.18. The van der Waals surface area contributed by atoms with Crippen molar-refractivity contribution in [2.45, 2.75) is 40.2 Å². The second kappa shape index (κ2) is 5.13. The van der Waals surface area contributed by atoms with Gasteiger partial charge < -0.3 is 10.0 Å². The Kier molecular flexibility index (Phi) is 4.39. The van der Waals surface area contributed by atoms with E-state index in [9.17, 15) is 0 Å². The summed E-state index contributed by atoms with van der Waals surface area (Å²) in [6.07, 6.45) is 0.980. The summed E-state index contributed by atoms with van der Waals surface area (Å²) < 4.78 is 0. The number of piperidine rings is 1. The first-order valence-electron chi connectivity index (χ1n) is 5.91. The molecule has 0 unspecified atom stereocenters. The van der Waals surface area contributed by atoms with Crippen molar-refractivity contribution in [3.8, 4) is 0 Å². The highest BCUT2D eigenvalue weighted by Gasteiger charge is 2.31. The number of hydrogen-bond acceptors (Lipinski definition) is 2. The van der Waals surface area contributed by atoms with E-state index in [1.54, 1.807) is 0 Å². The van der Waals surface area contributed by atoms with E-state index in [2.05, 4.69) is 32.6 Å². The minimum atomic E-state index is 0.348. The Bertz CT molecular complexity index is 158. The first-order chi connectivity index (χ1) is 6.56. The lowest BCUT2D eigenvalue weighted by molar-refractivity contribution is 0.0438. The molecule has 0 aliphatic carbocycles. The monoisotopic (exact) mass is 199 g/mol. The third kappa shape index (κ3) is 2.71. The minimum Gasteiger partial charge on any atom is -0.396 e. The molecule has 0 spiro atoms. The quantitative estimate of drug-likeness (QED) is 0.751. The Labute approximate surface area is 88.3 Å². The van der Waals surface area contributed by atoms with Crippen LogP contribution >= 0.6 is 0 Å². The van der Waals surface area contributed by atoms with Crippen molar-refractivity contribution in [1.82, 2.24) is 4.90 Å². The zero-order valence-corrected chi connectivity index (χ0v) is 10.0. The number of rotatable bonds is 3. The van der Waals surface area contributed by atoms with Crippen LogP contribution in [0.4, 0.5) is 0 Å². The summed E-state index contributed by atoms with van der Waals surface area (Å²) in [5.41, 5.74) is 0. The SMILES string of the molecule is CC(C)N1C[C@H](C)C(CCO)[C@@H](C)C1. The van der Waals surface area contributed by atoms with Gasteiger partial charge in [0.15, 0.2) is 0 Å². The van der Waals surface area contributed by atoms with Gasteiger partial charge in [0.1, 0.15) is 0 Å². The van der Waals surface area contributed by atoms with Crippen molar-refractivity contribution >= 4 is 0 Å². The van der Waals surface area contributed by atoms with Gasteiger partial charge in [-0.2, -0.15) is 0 Å². The Hall–Kier alpha value is -0.0800. The van der Waals surface area contributed by atoms with E-state index in [4.69, 9.17) is 5.11 Å². The van der Waals surface area contributed by atoms with Crippen LogP contribution in [-0.4, -0.2) is 35.7 Å². The molecule has 0 bridgehead atoms. The van der Waals surface area contributed by atoms with Crippen molar-refractivity contribution in [1.29, 1.82) is 0 Å². The van der Waals surface area contributed by atoms with E-state index in [0.717, 1.165) is 24.2 Å². The van der Waals surface area contributed by atoms with Crippen LogP contribution in [0.25, 0.3) is 0 Å². The second-order valence-corrected chi connectivity index (χ2v) is 5.18. The average molecular weight is 199 g/mol. The molecule has 0 aromatic heterocycles. The molecule has 2 heteroatoms. The molecule has 2 atom stereocenters. The maximum atomic E-state index is 9.02. The molecule has 0 radical (unpaired) electrons. The standard InChI is InChI=1S/C12H25NO/c1-9(2)13-7-10(3)12(5-6-14)11(4)8-13/h9-12,14H,5-8H2,1-4H3/t10-,11-/m0/s1. The number of likely N-dealkylation sites (tertiary alicyclic amines) is 1. The lowest BCUT2D eigenvalue weighted by Crippen LogP contribution is -2.47. The van der Waals surface area contributed by atoms with Crippen molar-refractivity contribution in [3.63, 3.8) is 0 Å². The van der Waals surface area contributed by atoms with Gasteiger partial charge in [-0.1, -0.05) is 13.8 Å². The summed E-state index contributed by atoms with van der Waals surface area (Å²) in [5, 5.41) is 9.02. The lowest BCUT2D eigenvalue weighted by atomic mass is 9.77. The molecule has 1 fully saturated rings. The van der Waals surface area contributed by atoms with Gasteiger partial charge in [0.2, 0.25) is 0 Å². The summed E-state index contributed by atoms with van der Waals surface area (Å²) in [6.45, 7) is 11.9. The van der Waals surface area contributed by atoms with Crippen molar-refractivity contribution < 1.29 is 5.11 Å². The van der Waals surface area contributed by atoms with Crippen LogP contribution in [0.5, 0.6) is 0 Å². The molecule has 1 aliphatic rings. The molecule has 0 aromatic carbocycles. The number of nitrogens with zero attached hydrogens (tertiary/aromatic N) is 1. The van der Waals surface area contributed by atoms with Gasteiger partial charge in [-0.3, -0.25) is 0 Å². The van der Waals surface area contributed by atoms with Gasteiger partial charge in [0.05, 0.1) is 0 Å². The predicted molar refractivity (Wildman–Crippen MR) is 60.2 cm³/mol. The largest absolute Gasteiger partial charge is 0.396 e. The molecule has 14 heavy (non-hydrogen) atoms. The molecule has 0 amide bonds. The van der Waals surface area contributed by atoms with Crippen LogP contribution in [0.15, 0.2) is 0 Å². The van der Waals surface area contributed by atoms with Gasteiger partial charge in [0.25, 0.3) is 0 Å². The summed E-state index contributed by atoms with van der Waals surface area (Å²) in [7, 11) is 0. The molecule has 1 N–H and O–H groups in total. The zero-order chi connectivity index (χ0) is 10.7. The van der Waals surface area contributed by atoms with E-state index in [-0.39, 0.29) is 0 Å². The van der Waals surface area contributed by atoms with Crippen LogP contribution in [0.1, 0.15) is 34.1 Å². The highest BCUT2D eigenvalue weighted by Crippen LogP contribution is 2.31. The summed E-state index contributed by atoms with van der Waals surface area (Å²) >= 11 is 0. The fourth-order valence-electron chi connectivity index (χ4n) is 2.79. The molecule has 1 aliphatic heterocycles. The van der Waals surface area contributed by atoms with Crippen LogP contribution in [-0.2, 0) is 0 Å². The third-order valence-corrected chi connectivity index (χ3v) is 3.70. The van der Waals surface area contributed by atoms with Crippen LogP contribution in [0.3, 0.4) is 0 Å². The Balaban J connectivity index is 2.53. The Morgan fingerprint density at radius 3 is 2.07 bits per heavy atom. The highest BCUT2D eigenvalue weighted by molar-refractivity contribution is 4.83. The predicted octanol–water partition coefficient (Wildman–Crippen LogP) is 1.98. The highest BCUT2D eigenvalue weighted by atomic mass is 16.3. The average Bonchev–Trinajstić information content (AvgIpc) is 2.10. The summed E-state index contributed by atoms with van der Waals surface area (Å²) in [6, 6.07) is 0.662. The molecule has 1 heterocycles. The first-order valence-corrected chi connectivity index (χ1v) is 5.91. The fraction of sp³-hybridized carbons (Fsp3) is 1.00. The van der Waals surface area contributed by atoms with E-state index in [1.165, 1.54) is 13.1 Å².